The van der Waals surface area contributed by atoms with Gasteiger partial charge in [0.1, 0.15) is 0 Å². The van der Waals surface area contributed by atoms with Crippen molar-refractivity contribution in [2.24, 2.45) is 0 Å². The van der Waals surface area contributed by atoms with Crippen LogP contribution in [-0.4, -0.2) is 16.2 Å². The lowest BCUT2D eigenvalue weighted by molar-refractivity contribution is 0.102. The van der Waals surface area contributed by atoms with Gasteiger partial charge in [-0.1, -0.05) is 27.5 Å². The molecule has 0 aliphatic heterocycles. The number of nitrogen functional groups attached to an aromatic ring is 1. The van der Waals surface area contributed by atoms with E-state index in [0.717, 1.165) is 0 Å². The van der Waals surface area contributed by atoms with Gasteiger partial charge in [0.05, 0.1) is 16.0 Å². The Morgan fingerprint density at radius 2 is 2.23 bits per heavy atom. The fraction of sp³-hybridized carbons (Fsp3) is 0.125. The average molecular weight is 265 g/mol. The van der Waals surface area contributed by atoms with Crippen LogP contribution < -0.4 is 5.73 Å². The summed E-state index contributed by atoms with van der Waals surface area (Å²) in [5, 5.41) is 9.49. The molecule has 0 spiro atoms. The van der Waals surface area contributed by atoms with Crippen LogP contribution in [0.25, 0.3) is 0 Å². The Kier molecular flexibility index (Phi) is 3.17. The minimum atomic E-state index is -0.187. The Morgan fingerprint density at radius 3 is 2.69 bits per heavy atom. The number of alkyl halides is 1. The number of carbonyl (C=O) groups is 1. The third-order valence-corrected chi connectivity index (χ3v) is 2.33. The first-order chi connectivity index (χ1) is 6.06. The van der Waals surface area contributed by atoms with Gasteiger partial charge in [0.25, 0.3) is 0 Å². The van der Waals surface area contributed by atoms with Crippen molar-refractivity contribution in [1.82, 2.24) is 0 Å². The molecule has 0 fully saturated rings. The second kappa shape index (κ2) is 3.98. The largest absolute Gasteiger partial charge is 0.504 e. The van der Waals surface area contributed by atoms with E-state index >= 15 is 0 Å². The zero-order chi connectivity index (χ0) is 10.0. The fourth-order valence-electron chi connectivity index (χ4n) is 0.858. The lowest BCUT2D eigenvalue weighted by Crippen LogP contribution is -2.01. The van der Waals surface area contributed by atoms with Crippen LogP contribution in [0.3, 0.4) is 0 Å². The van der Waals surface area contributed by atoms with Crippen LogP contribution in [-0.2, 0) is 0 Å². The van der Waals surface area contributed by atoms with Crippen LogP contribution in [0.4, 0.5) is 5.69 Å². The van der Waals surface area contributed by atoms with E-state index in [0.29, 0.717) is 5.56 Å². The zero-order valence-corrected chi connectivity index (χ0v) is 8.89. The summed E-state index contributed by atoms with van der Waals surface area (Å²) < 4.78 is 0. The first-order valence-corrected chi connectivity index (χ1v) is 4.93. The van der Waals surface area contributed by atoms with Gasteiger partial charge in [-0.3, -0.25) is 4.79 Å². The minimum absolute atomic E-state index is 0.0873. The summed E-state index contributed by atoms with van der Waals surface area (Å²) in [4.78, 5) is 11.2. The van der Waals surface area contributed by atoms with E-state index < -0.39 is 0 Å². The summed E-state index contributed by atoms with van der Waals surface area (Å²) in [6.45, 7) is 0. The molecule has 0 aromatic heterocycles. The molecule has 0 radical (unpaired) electrons. The van der Waals surface area contributed by atoms with Gasteiger partial charge in [0.15, 0.2) is 11.5 Å². The van der Waals surface area contributed by atoms with Crippen LogP contribution >= 0.6 is 27.5 Å². The predicted molar refractivity (Wildman–Crippen MR) is 55.7 cm³/mol. The molecule has 0 bridgehead atoms. The minimum Gasteiger partial charge on any atom is -0.504 e. The molecule has 0 unspecified atom stereocenters. The lowest BCUT2D eigenvalue weighted by Gasteiger charge is -2.03. The van der Waals surface area contributed by atoms with E-state index in [-0.39, 0.29) is 27.6 Å². The number of phenols is 1. The van der Waals surface area contributed by atoms with E-state index in [1.807, 2.05) is 0 Å². The second-order valence-electron chi connectivity index (χ2n) is 2.45. The number of Topliss-reactive ketones (excluding diaryl/α,β-unsaturated/α-hetero) is 1. The standard InChI is InChI=1S/C8H7BrClNO2/c9-3-7(12)4-1-5(10)8(13)6(11)2-4/h1-2,13H,3,11H2. The number of rotatable bonds is 2. The van der Waals surface area contributed by atoms with E-state index in [4.69, 9.17) is 17.3 Å². The smallest absolute Gasteiger partial charge is 0.173 e. The number of hydrogen-bond acceptors (Lipinski definition) is 3. The molecule has 0 heterocycles. The van der Waals surface area contributed by atoms with E-state index in [9.17, 15) is 9.90 Å². The Hall–Kier alpha value is -0.740. The molecular weight excluding hydrogens is 257 g/mol. The predicted octanol–water partition coefficient (Wildman–Crippen LogP) is 2.21. The molecule has 1 aromatic rings. The monoisotopic (exact) mass is 263 g/mol. The average Bonchev–Trinajstić information content (AvgIpc) is 2.12. The third kappa shape index (κ3) is 2.14. The molecule has 1 rings (SSSR count). The lowest BCUT2D eigenvalue weighted by atomic mass is 10.1. The van der Waals surface area contributed by atoms with Gasteiger partial charge in [-0.05, 0) is 12.1 Å². The maximum atomic E-state index is 11.2. The topological polar surface area (TPSA) is 63.3 Å². The Balaban J connectivity index is 3.20. The fourth-order valence-corrected chi connectivity index (χ4v) is 1.41. The van der Waals surface area contributed by atoms with Crippen LogP contribution in [0.2, 0.25) is 5.02 Å². The summed E-state index contributed by atoms with van der Waals surface area (Å²) in [5.74, 6) is -0.318. The second-order valence-corrected chi connectivity index (χ2v) is 3.42. The molecule has 0 aliphatic carbocycles. The van der Waals surface area contributed by atoms with Crippen molar-refractivity contribution in [1.29, 1.82) is 0 Å². The Morgan fingerprint density at radius 1 is 1.62 bits per heavy atom. The number of carbonyl (C=O) groups excluding carboxylic acids is 1. The molecule has 1 aromatic carbocycles. The first-order valence-electron chi connectivity index (χ1n) is 3.43. The molecule has 0 saturated carbocycles. The quantitative estimate of drug-likeness (QED) is 0.372. The highest BCUT2D eigenvalue weighted by molar-refractivity contribution is 9.09. The number of phenolic OH excluding ortho intramolecular Hbond substituents is 1. The highest BCUT2D eigenvalue weighted by Crippen LogP contribution is 2.31. The Labute approximate surface area is 88.6 Å². The number of ketones is 1. The van der Waals surface area contributed by atoms with Crippen molar-refractivity contribution >= 4 is 39.0 Å². The first kappa shape index (κ1) is 10.3. The maximum absolute atomic E-state index is 11.2. The van der Waals surface area contributed by atoms with Crippen molar-refractivity contribution < 1.29 is 9.90 Å². The van der Waals surface area contributed by atoms with Crippen molar-refractivity contribution in [3.63, 3.8) is 0 Å². The number of aromatic hydroxyl groups is 1. The summed E-state index contributed by atoms with van der Waals surface area (Å²) in [6.07, 6.45) is 0. The van der Waals surface area contributed by atoms with Gasteiger partial charge >= 0.3 is 0 Å². The number of halogens is 2. The van der Waals surface area contributed by atoms with Crippen LogP contribution in [0, 0.1) is 0 Å². The van der Waals surface area contributed by atoms with Gasteiger partial charge in [-0.15, -0.1) is 0 Å². The van der Waals surface area contributed by atoms with Gasteiger partial charge in [-0.2, -0.15) is 0 Å². The van der Waals surface area contributed by atoms with Crippen LogP contribution in [0.5, 0.6) is 5.75 Å². The van der Waals surface area contributed by atoms with E-state index in [1.54, 1.807) is 0 Å². The molecule has 0 saturated heterocycles. The van der Waals surface area contributed by atoms with E-state index in [2.05, 4.69) is 15.9 Å². The summed E-state index contributed by atoms with van der Waals surface area (Å²) in [5.41, 5.74) is 5.91. The summed E-state index contributed by atoms with van der Waals surface area (Å²) in [6, 6.07) is 2.78. The van der Waals surface area contributed by atoms with Gasteiger partial charge in [-0.25, -0.2) is 0 Å². The molecule has 70 valence electrons. The molecule has 0 amide bonds. The third-order valence-electron chi connectivity index (χ3n) is 1.54. The van der Waals surface area contributed by atoms with Gasteiger partial charge in [0, 0.05) is 5.56 Å². The van der Waals surface area contributed by atoms with Crippen LogP contribution in [0.15, 0.2) is 12.1 Å². The molecule has 13 heavy (non-hydrogen) atoms. The van der Waals surface area contributed by atoms with Gasteiger partial charge in [0.2, 0.25) is 0 Å². The van der Waals surface area contributed by atoms with Crippen molar-refractivity contribution in [2.45, 2.75) is 0 Å². The molecule has 0 aliphatic rings. The molecule has 0 atom stereocenters. The molecule has 3 N–H and O–H groups in total. The normalized spacial score (nSPS) is 10.0. The van der Waals surface area contributed by atoms with Crippen molar-refractivity contribution in [3.05, 3.63) is 22.7 Å². The SMILES string of the molecule is Nc1cc(C(=O)CBr)cc(Cl)c1O. The summed E-state index contributed by atoms with van der Waals surface area (Å²) >= 11 is 8.65. The number of nitrogens with two attached hydrogens (primary N) is 1. The number of benzene rings is 1. The molecular formula is C8H7BrClNO2. The molecule has 3 nitrogen and oxygen atoms in total. The Bertz CT molecular complexity index is 331. The van der Waals surface area contributed by atoms with Crippen LogP contribution in [0.1, 0.15) is 10.4 Å². The van der Waals surface area contributed by atoms with Crippen molar-refractivity contribution in [3.8, 4) is 5.75 Å². The number of hydrogen-bond donors (Lipinski definition) is 2. The maximum Gasteiger partial charge on any atom is 0.173 e. The van der Waals surface area contributed by atoms with Gasteiger partial charge < -0.3 is 10.8 Å². The van der Waals surface area contributed by atoms with E-state index in [1.165, 1.54) is 12.1 Å². The highest BCUT2D eigenvalue weighted by Gasteiger charge is 2.10. The summed E-state index contributed by atoms with van der Waals surface area (Å²) in [7, 11) is 0. The highest BCUT2D eigenvalue weighted by atomic mass is 79.9. The zero-order valence-electron chi connectivity index (χ0n) is 6.55. The molecule has 5 heteroatoms. The van der Waals surface area contributed by atoms with Crippen molar-refractivity contribution in [2.75, 3.05) is 11.1 Å². The number of anilines is 1.